The Hall–Kier alpha value is -0.570. The van der Waals surface area contributed by atoms with Crippen LogP contribution in [0.5, 0.6) is 0 Å². The number of rotatable bonds is 7. The van der Waals surface area contributed by atoms with Crippen molar-refractivity contribution in [3.8, 4) is 0 Å². The molecule has 0 aromatic heterocycles. The second kappa shape index (κ2) is 8.51. The van der Waals surface area contributed by atoms with Gasteiger partial charge in [-0.15, -0.1) is 0 Å². The van der Waals surface area contributed by atoms with Gasteiger partial charge in [0, 0.05) is 12.5 Å². The van der Waals surface area contributed by atoms with Crippen LogP contribution in [0, 0.1) is 5.92 Å². The molecule has 0 aromatic rings. The van der Waals surface area contributed by atoms with Crippen molar-refractivity contribution in [1.29, 1.82) is 0 Å². The van der Waals surface area contributed by atoms with Crippen molar-refractivity contribution in [3.05, 3.63) is 0 Å². The molecule has 3 nitrogen and oxygen atoms in total. The fraction of sp³-hybridized carbons (Fsp3) is 0.929. The van der Waals surface area contributed by atoms with Gasteiger partial charge < -0.3 is 11.1 Å². The molecular formula is C14H28N2O. The second-order valence-electron chi connectivity index (χ2n) is 5.35. The third kappa shape index (κ3) is 6.06. The maximum atomic E-state index is 11.7. The molecule has 1 aliphatic carbocycles. The Balaban J connectivity index is 2.11. The Morgan fingerprint density at radius 1 is 1.24 bits per heavy atom. The monoisotopic (exact) mass is 240 g/mol. The molecule has 100 valence electrons. The minimum Gasteiger partial charge on any atom is -0.353 e. The molecule has 0 aliphatic heterocycles. The Labute approximate surface area is 106 Å². The van der Waals surface area contributed by atoms with E-state index in [2.05, 4.69) is 12.2 Å². The summed E-state index contributed by atoms with van der Waals surface area (Å²) in [6.45, 7) is 2.90. The van der Waals surface area contributed by atoms with Gasteiger partial charge in [0.05, 0.1) is 0 Å². The summed E-state index contributed by atoms with van der Waals surface area (Å²) in [5.41, 5.74) is 5.42. The van der Waals surface area contributed by atoms with Gasteiger partial charge in [-0.25, -0.2) is 0 Å². The van der Waals surface area contributed by atoms with Crippen molar-refractivity contribution in [2.45, 2.75) is 70.8 Å². The molecule has 0 saturated heterocycles. The quantitative estimate of drug-likeness (QED) is 0.672. The Kier molecular flexibility index (Phi) is 7.25. The first kappa shape index (κ1) is 14.5. The molecule has 0 heterocycles. The third-order valence-electron chi connectivity index (χ3n) is 3.85. The number of nitrogens with two attached hydrogens (primary N) is 1. The average molecular weight is 240 g/mol. The Morgan fingerprint density at radius 2 is 1.94 bits per heavy atom. The van der Waals surface area contributed by atoms with Crippen molar-refractivity contribution in [2.24, 2.45) is 11.7 Å². The van der Waals surface area contributed by atoms with Crippen LogP contribution in [0.2, 0.25) is 0 Å². The van der Waals surface area contributed by atoms with Crippen molar-refractivity contribution in [1.82, 2.24) is 5.32 Å². The number of hydrogen-bond donors (Lipinski definition) is 2. The molecule has 0 aromatic carbocycles. The van der Waals surface area contributed by atoms with Crippen LogP contribution >= 0.6 is 0 Å². The third-order valence-corrected chi connectivity index (χ3v) is 3.85. The number of amides is 1. The SMILES string of the molecule is CC(NC(=O)CCCCCN)C1CCCCC1. The zero-order valence-corrected chi connectivity index (χ0v) is 11.2. The van der Waals surface area contributed by atoms with Crippen LogP contribution < -0.4 is 11.1 Å². The van der Waals surface area contributed by atoms with E-state index in [1.807, 2.05) is 0 Å². The van der Waals surface area contributed by atoms with Gasteiger partial charge in [0.2, 0.25) is 5.91 Å². The van der Waals surface area contributed by atoms with E-state index in [-0.39, 0.29) is 5.91 Å². The fourth-order valence-electron chi connectivity index (χ4n) is 2.68. The van der Waals surface area contributed by atoms with E-state index < -0.39 is 0 Å². The highest BCUT2D eigenvalue weighted by Gasteiger charge is 2.20. The van der Waals surface area contributed by atoms with E-state index in [0.717, 1.165) is 25.8 Å². The summed E-state index contributed by atoms with van der Waals surface area (Å²) in [5.74, 6) is 0.928. The topological polar surface area (TPSA) is 55.1 Å². The molecular weight excluding hydrogens is 212 g/mol. The smallest absolute Gasteiger partial charge is 0.220 e. The predicted octanol–water partition coefficient (Wildman–Crippen LogP) is 2.59. The summed E-state index contributed by atoms with van der Waals surface area (Å²) in [7, 11) is 0. The molecule has 1 atom stereocenters. The lowest BCUT2D eigenvalue weighted by atomic mass is 9.84. The number of carbonyl (C=O) groups is 1. The molecule has 1 rings (SSSR count). The van der Waals surface area contributed by atoms with Crippen LogP contribution in [0.15, 0.2) is 0 Å². The van der Waals surface area contributed by atoms with Gasteiger partial charge in [0.1, 0.15) is 0 Å². The lowest BCUT2D eigenvalue weighted by Gasteiger charge is -2.28. The van der Waals surface area contributed by atoms with Gasteiger partial charge in [-0.05, 0) is 45.1 Å². The minimum atomic E-state index is 0.222. The maximum absolute atomic E-state index is 11.7. The number of unbranched alkanes of at least 4 members (excludes halogenated alkanes) is 2. The summed E-state index contributed by atoms with van der Waals surface area (Å²) >= 11 is 0. The van der Waals surface area contributed by atoms with Gasteiger partial charge in [0.25, 0.3) is 0 Å². The van der Waals surface area contributed by atoms with Crippen LogP contribution in [0.25, 0.3) is 0 Å². The second-order valence-corrected chi connectivity index (χ2v) is 5.35. The molecule has 0 bridgehead atoms. The molecule has 1 saturated carbocycles. The van der Waals surface area contributed by atoms with Crippen LogP contribution in [0.4, 0.5) is 0 Å². The summed E-state index contributed by atoms with van der Waals surface area (Å²) in [6, 6.07) is 0.359. The number of nitrogens with one attached hydrogen (secondary N) is 1. The zero-order chi connectivity index (χ0) is 12.5. The molecule has 1 unspecified atom stereocenters. The number of carbonyl (C=O) groups excluding carboxylic acids is 1. The molecule has 3 heteroatoms. The first-order chi connectivity index (χ1) is 8.24. The summed E-state index contributed by atoms with van der Waals surface area (Å²) in [5, 5.41) is 3.16. The van der Waals surface area contributed by atoms with Crippen LogP contribution in [0.1, 0.15) is 64.7 Å². The predicted molar refractivity (Wildman–Crippen MR) is 71.7 cm³/mol. The lowest BCUT2D eigenvalue weighted by molar-refractivity contribution is -0.122. The largest absolute Gasteiger partial charge is 0.353 e. The molecule has 1 amide bonds. The fourth-order valence-corrected chi connectivity index (χ4v) is 2.68. The molecule has 0 spiro atoms. The first-order valence-corrected chi connectivity index (χ1v) is 7.23. The van der Waals surface area contributed by atoms with Gasteiger partial charge >= 0.3 is 0 Å². The Bertz CT molecular complexity index is 212. The summed E-state index contributed by atoms with van der Waals surface area (Å²) < 4.78 is 0. The van der Waals surface area contributed by atoms with Gasteiger partial charge in [0.15, 0.2) is 0 Å². The minimum absolute atomic E-state index is 0.222. The highest BCUT2D eigenvalue weighted by molar-refractivity contribution is 5.76. The van der Waals surface area contributed by atoms with E-state index in [4.69, 9.17) is 5.73 Å². The van der Waals surface area contributed by atoms with Crippen LogP contribution in [0.3, 0.4) is 0 Å². The van der Waals surface area contributed by atoms with Crippen molar-refractivity contribution in [3.63, 3.8) is 0 Å². The van der Waals surface area contributed by atoms with E-state index in [1.165, 1.54) is 32.1 Å². The molecule has 1 fully saturated rings. The molecule has 1 aliphatic rings. The van der Waals surface area contributed by atoms with E-state index in [0.29, 0.717) is 18.4 Å². The van der Waals surface area contributed by atoms with Crippen molar-refractivity contribution < 1.29 is 4.79 Å². The summed E-state index contributed by atoms with van der Waals surface area (Å²) in [4.78, 5) is 11.7. The van der Waals surface area contributed by atoms with Crippen molar-refractivity contribution >= 4 is 5.91 Å². The number of hydrogen-bond acceptors (Lipinski definition) is 2. The normalized spacial score (nSPS) is 18.9. The van der Waals surface area contributed by atoms with E-state index in [9.17, 15) is 4.79 Å². The zero-order valence-electron chi connectivity index (χ0n) is 11.2. The lowest BCUT2D eigenvalue weighted by Crippen LogP contribution is -2.38. The standard InChI is InChI=1S/C14H28N2O/c1-12(13-8-4-2-5-9-13)16-14(17)10-6-3-7-11-15/h12-13H,2-11,15H2,1H3,(H,16,17). The van der Waals surface area contributed by atoms with Crippen LogP contribution in [-0.4, -0.2) is 18.5 Å². The van der Waals surface area contributed by atoms with E-state index in [1.54, 1.807) is 0 Å². The Morgan fingerprint density at radius 3 is 2.59 bits per heavy atom. The first-order valence-electron chi connectivity index (χ1n) is 7.23. The highest BCUT2D eigenvalue weighted by Crippen LogP contribution is 2.26. The average Bonchev–Trinajstić information content (AvgIpc) is 2.36. The van der Waals surface area contributed by atoms with Gasteiger partial charge in [-0.2, -0.15) is 0 Å². The molecule has 0 radical (unpaired) electrons. The van der Waals surface area contributed by atoms with Gasteiger partial charge in [-0.1, -0.05) is 25.7 Å². The maximum Gasteiger partial charge on any atom is 0.220 e. The highest BCUT2D eigenvalue weighted by atomic mass is 16.1. The van der Waals surface area contributed by atoms with Crippen LogP contribution in [-0.2, 0) is 4.79 Å². The summed E-state index contributed by atoms with van der Waals surface area (Å²) in [6.07, 6.45) is 10.4. The molecule has 3 N–H and O–H groups in total. The molecule has 17 heavy (non-hydrogen) atoms. The van der Waals surface area contributed by atoms with Gasteiger partial charge in [-0.3, -0.25) is 4.79 Å². The van der Waals surface area contributed by atoms with E-state index >= 15 is 0 Å². The van der Waals surface area contributed by atoms with Crippen molar-refractivity contribution in [2.75, 3.05) is 6.54 Å².